The summed E-state index contributed by atoms with van der Waals surface area (Å²) in [6.45, 7) is 55.2. The number of carbonyl (C=O) groups is 8. The Morgan fingerprint density at radius 1 is 0.571 bits per heavy atom. The predicted molar refractivity (Wildman–Crippen MR) is 501 cm³/mol. The fourth-order valence-corrected chi connectivity index (χ4v) is 16.1. The van der Waals surface area contributed by atoms with E-state index in [2.05, 4.69) is 170 Å². The van der Waals surface area contributed by atoms with Crippen LogP contribution in [0, 0.1) is 69.2 Å². The first kappa shape index (κ1) is 96.8. The number of aromatic amines is 2. The van der Waals surface area contributed by atoms with Crippen molar-refractivity contribution in [2.24, 2.45) is 0 Å². The number of ether oxygens (including phenoxy) is 5. The van der Waals surface area contributed by atoms with Crippen LogP contribution in [0.2, 0.25) is 5.15 Å². The van der Waals surface area contributed by atoms with Gasteiger partial charge in [0.15, 0.2) is 11.4 Å². The fourth-order valence-electron chi connectivity index (χ4n) is 15.3. The largest absolute Gasteiger partial charge is 0.467 e. The van der Waals surface area contributed by atoms with E-state index in [0.717, 1.165) is 72.3 Å². The van der Waals surface area contributed by atoms with Crippen molar-refractivity contribution in [1.82, 2.24) is 34.2 Å². The summed E-state index contributed by atoms with van der Waals surface area (Å²) in [6, 6.07) is 28.1. The number of aromatic nitrogens is 7. The number of halogens is 2. The Labute approximate surface area is 751 Å². The van der Waals surface area contributed by atoms with Crippen molar-refractivity contribution in [1.29, 1.82) is 0 Å². The molecule has 3 N–H and O–H groups in total. The Morgan fingerprint density at radius 2 is 1.05 bits per heavy atom. The van der Waals surface area contributed by atoms with Crippen LogP contribution in [0.5, 0.6) is 0 Å². The number of pyridine rings is 1. The Balaban J connectivity index is 0.000000163. The van der Waals surface area contributed by atoms with E-state index in [1.54, 1.807) is 55.1 Å². The lowest BCUT2D eigenvalue weighted by molar-refractivity contribution is -0.112. The van der Waals surface area contributed by atoms with E-state index < -0.39 is 70.6 Å². The minimum absolute atomic E-state index is 0.0489. The van der Waals surface area contributed by atoms with Gasteiger partial charge in [-0.3, -0.25) is 34.0 Å². The molecule has 2 unspecified atom stereocenters. The molecule has 4 aliphatic rings. The minimum Gasteiger partial charge on any atom is -0.462 e. The third kappa shape index (κ3) is 22.2. The average Bonchev–Trinajstić information content (AvgIpc) is 1.58. The van der Waals surface area contributed by atoms with E-state index in [-0.39, 0.29) is 40.4 Å². The number of nitrogens with zero attached hydrogens (tertiary/aromatic N) is 9. The second-order valence-electron chi connectivity index (χ2n) is 37.5. The molecule has 1 fully saturated rings. The van der Waals surface area contributed by atoms with Crippen LogP contribution in [-0.2, 0) is 37.8 Å². The Morgan fingerprint density at radius 3 is 1.60 bits per heavy atom. The van der Waals surface area contributed by atoms with Crippen molar-refractivity contribution in [3.63, 3.8) is 0 Å². The summed E-state index contributed by atoms with van der Waals surface area (Å²) in [7, 11) is 2.76. The normalized spacial score (nSPS) is 15.4. The minimum atomic E-state index is -0.659. The third-order valence-corrected chi connectivity index (χ3v) is 22.3. The van der Waals surface area contributed by atoms with E-state index in [1.165, 1.54) is 85.5 Å². The molecule has 1 saturated heterocycles. The number of nitrogens with one attached hydrogen (secondary N) is 3. The van der Waals surface area contributed by atoms with Crippen molar-refractivity contribution in [2.75, 3.05) is 58.7 Å². The van der Waals surface area contributed by atoms with Crippen LogP contribution in [0.3, 0.4) is 0 Å². The number of benzene rings is 5. The van der Waals surface area contributed by atoms with Gasteiger partial charge in [-0.25, -0.2) is 33.5 Å². The topological polar surface area (TPSA) is 305 Å². The maximum atomic E-state index is 12.9. The number of hydrogen-bond donors (Lipinski definition) is 3. The maximum Gasteiger partial charge on any atom is 0.467 e. The molecule has 27 nitrogen and oxygen atoms in total. The lowest BCUT2D eigenvalue weighted by Gasteiger charge is -2.32. The van der Waals surface area contributed by atoms with Crippen molar-refractivity contribution in [3.8, 4) is 11.1 Å². The standard InChI is InChI=1S/C26H30N4O4.C21H32BNO4.C15H20BrNO2.C14H17ClN4O3.C10H9NO2.C10H11N/c1-8-33-24(31)20-14-28-30-21(20)11-17(12-22(30)29(7)25(32)34-26(4,5)6)19-13-27-23-16(3)9-15(2)10-18(19)23;1-13-10-14(2)17-15(11-13)16(12-23(17)18(24)25-19(3,4)5)22-26-20(6,7)21(8,9)27-22;1-9-6-10(2)13-11(7-9)12(16)8-17(13)14(18)19-15(3,4)5;1-8(20)9-7-16-19-11(6-10(15)17-12(9)19)18(5)13(21)22-14(2,3)4;1-5-3-6(2)8-7(4-5)9(12)10(13)11-8;1-7-5-8(2)10-9(6-7)3-4-11-10/h9-14,27H,8H2,1-7H3;10-11,16H,12H2,1-9H3;6-7,12H,8H2,1-5H3;6-7H,1-5H3;3-4H,1-2H3,(H,11,12,13);3-6,11H,1-2H3. The zero-order valence-electron chi connectivity index (χ0n) is 78.2. The van der Waals surface area contributed by atoms with Crippen LogP contribution in [0.4, 0.5) is 47.9 Å². The molecule has 0 spiro atoms. The number of ketones is 2. The Hall–Kier alpha value is -11.4. The molecule has 5 aromatic carbocycles. The lowest BCUT2D eigenvalue weighted by atomic mass is 9.68. The van der Waals surface area contributed by atoms with Gasteiger partial charge in [0.2, 0.25) is 0 Å². The molecule has 6 aromatic heterocycles. The van der Waals surface area contributed by atoms with E-state index in [0.29, 0.717) is 58.3 Å². The van der Waals surface area contributed by atoms with E-state index >= 15 is 0 Å². The van der Waals surface area contributed by atoms with Crippen LogP contribution < -0.4 is 24.9 Å². The SMILES string of the molecule is CC(=O)c1cnn2c(N(C)C(=O)OC(C)(C)C)cc(Cl)nc12.CCOC(=O)c1cnn2c(N(C)C(=O)OC(C)(C)C)cc(-c3c[nH]c4c(C)cc(C)cc34)cc12.Cc1cc(C)c2[nH]ccc2c1.Cc1cc(C)c2c(c1)C(=O)C(=O)N2.Cc1cc(C)c2c(c1)C(B1OC(C)(C)C(C)(C)O1)CN2C(=O)OC(C)(C)C.Cc1cc(C)c2c(c1)C(Br)CN2C(=O)OC(C)(C)C. The van der Waals surface area contributed by atoms with Crippen LogP contribution in [0.15, 0.2) is 110 Å². The summed E-state index contributed by atoms with van der Waals surface area (Å²) in [4.78, 5) is 114. The molecule has 126 heavy (non-hydrogen) atoms. The molecule has 0 saturated carbocycles. The first-order valence-corrected chi connectivity index (χ1v) is 43.2. The van der Waals surface area contributed by atoms with E-state index in [9.17, 15) is 38.4 Å². The molecular weight excluding hydrogens is 1690 g/mol. The first-order chi connectivity index (χ1) is 58.4. The van der Waals surface area contributed by atoms with Gasteiger partial charge in [-0.1, -0.05) is 92.2 Å². The number of carbonyl (C=O) groups excluding carboxylic acids is 8. The highest BCUT2D eigenvalue weighted by Gasteiger charge is 2.57. The van der Waals surface area contributed by atoms with Gasteiger partial charge in [-0.05, 0) is 286 Å². The second kappa shape index (κ2) is 37.3. The molecule has 0 aliphatic carbocycles. The molecule has 11 aromatic rings. The number of aryl methyl sites for hydroxylation is 10. The molecule has 10 heterocycles. The van der Waals surface area contributed by atoms with Gasteiger partial charge < -0.3 is 48.3 Å². The zero-order valence-corrected chi connectivity index (χ0v) is 80.5. The predicted octanol–water partition coefficient (Wildman–Crippen LogP) is 22.1. The van der Waals surface area contributed by atoms with Gasteiger partial charge >= 0.3 is 37.5 Å². The highest BCUT2D eigenvalue weighted by Crippen LogP contribution is 2.49. The number of hydrogen-bond acceptors (Lipinski definition) is 18. The molecule has 4 aliphatic heterocycles. The van der Waals surface area contributed by atoms with Crippen LogP contribution in [0.1, 0.15) is 233 Å². The number of esters is 1. The zero-order chi connectivity index (χ0) is 93.6. The number of Topliss-reactive ketones (excluding diaryl/α,β-unsaturated/α-hetero) is 2. The Kier molecular flexibility index (Phi) is 28.6. The molecule has 15 rings (SSSR count). The molecule has 2 atom stereocenters. The molecule has 30 heteroatoms. The summed E-state index contributed by atoms with van der Waals surface area (Å²) >= 11 is 9.64. The molecule has 0 radical (unpaired) electrons. The summed E-state index contributed by atoms with van der Waals surface area (Å²) < 4.78 is 42.8. The molecular formula is C96H119BBrClN12O15. The number of fused-ring (bicyclic) bond motifs is 7. The van der Waals surface area contributed by atoms with Gasteiger partial charge in [0.05, 0.1) is 68.7 Å². The van der Waals surface area contributed by atoms with Gasteiger partial charge in [0, 0.05) is 73.4 Å². The van der Waals surface area contributed by atoms with Gasteiger partial charge in [0.25, 0.3) is 11.7 Å². The second-order valence-corrected chi connectivity index (χ2v) is 39.0. The van der Waals surface area contributed by atoms with Crippen LogP contribution in [0.25, 0.3) is 44.1 Å². The van der Waals surface area contributed by atoms with Crippen LogP contribution in [-0.4, -0.2) is 157 Å². The van der Waals surface area contributed by atoms with Crippen molar-refractivity contribution in [3.05, 3.63) is 198 Å². The summed E-state index contributed by atoms with van der Waals surface area (Å²) in [5.74, 6) is -0.827. The van der Waals surface area contributed by atoms with Crippen LogP contribution >= 0.6 is 27.5 Å². The number of alkyl halides is 1. The number of anilines is 5. The van der Waals surface area contributed by atoms with E-state index in [1.807, 2.05) is 121 Å². The summed E-state index contributed by atoms with van der Waals surface area (Å²) in [6.07, 6.45) is 5.11. The first-order valence-electron chi connectivity index (χ1n) is 41.9. The van der Waals surface area contributed by atoms with Crippen molar-refractivity contribution < 1.29 is 71.3 Å². The van der Waals surface area contributed by atoms with Crippen molar-refractivity contribution >= 4 is 144 Å². The average molecular weight is 1810 g/mol. The number of rotatable bonds is 7. The molecule has 5 amide bonds. The van der Waals surface area contributed by atoms with E-state index in [4.69, 9.17) is 44.6 Å². The fraction of sp³-hybridized carbons (Fsp3) is 0.427. The maximum absolute atomic E-state index is 12.9. The molecule has 670 valence electrons. The monoisotopic (exact) mass is 1800 g/mol. The van der Waals surface area contributed by atoms with Gasteiger partial charge in [-0.15, -0.1) is 0 Å². The van der Waals surface area contributed by atoms with Crippen molar-refractivity contribution in [2.45, 2.75) is 238 Å². The van der Waals surface area contributed by atoms with Gasteiger partial charge in [-0.2, -0.15) is 14.7 Å². The lowest BCUT2D eigenvalue weighted by Crippen LogP contribution is -2.41. The number of amides is 5. The highest BCUT2D eigenvalue weighted by molar-refractivity contribution is 9.09. The quantitative estimate of drug-likeness (QED) is 0.0254. The molecule has 0 bridgehead atoms. The number of H-pyrrole nitrogens is 2. The third-order valence-electron chi connectivity index (χ3n) is 21.3. The summed E-state index contributed by atoms with van der Waals surface area (Å²) in [5.41, 5.74) is 19.3. The highest BCUT2D eigenvalue weighted by atomic mass is 79.9. The Bertz CT molecular complexity index is 6060. The smallest absolute Gasteiger partial charge is 0.462 e. The summed E-state index contributed by atoms with van der Waals surface area (Å²) in [5, 5.41) is 13.6. The van der Waals surface area contributed by atoms with Gasteiger partial charge in [0.1, 0.15) is 44.8 Å².